The number of fused-ring (bicyclic) bond motifs is 1. The maximum absolute atomic E-state index is 12.3. The quantitative estimate of drug-likeness (QED) is 0.754. The van der Waals surface area contributed by atoms with Gasteiger partial charge in [0.25, 0.3) is 0 Å². The molecule has 0 bridgehead atoms. The SMILES string of the molecule is O=C(Nc1nnc(-c2ccccn2)s1)NC1CCOc2ccccc21. The van der Waals surface area contributed by atoms with Crippen LogP contribution in [0.3, 0.4) is 0 Å². The number of nitrogens with one attached hydrogen (secondary N) is 2. The van der Waals surface area contributed by atoms with E-state index in [1.165, 1.54) is 11.3 Å². The van der Waals surface area contributed by atoms with Gasteiger partial charge in [-0.15, -0.1) is 10.2 Å². The molecule has 3 heterocycles. The lowest BCUT2D eigenvalue weighted by Crippen LogP contribution is -2.35. The number of hydrogen-bond donors (Lipinski definition) is 2. The van der Waals surface area contributed by atoms with Crippen LogP contribution in [0.4, 0.5) is 9.93 Å². The average Bonchev–Trinajstić information content (AvgIpc) is 3.11. The summed E-state index contributed by atoms with van der Waals surface area (Å²) in [6.45, 7) is 0.574. The van der Waals surface area contributed by atoms with Crippen molar-refractivity contribution in [1.82, 2.24) is 20.5 Å². The minimum absolute atomic E-state index is 0.0897. The van der Waals surface area contributed by atoms with Crippen molar-refractivity contribution in [2.45, 2.75) is 12.5 Å². The maximum atomic E-state index is 12.3. The number of hydrogen-bond acceptors (Lipinski definition) is 6. The number of amides is 2. The molecule has 1 unspecified atom stereocenters. The van der Waals surface area contributed by atoms with Crippen molar-refractivity contribution in [2.24, 2.45) is 0 Å². The van der Waals surface area contributed by atoms with E-state index in [9.17, 15) is 4.79 Å². The molecule has 0 aliphatic carbocycles. The normalized spacial score (nSPS) is 15.8. The largest absolute Gasteiger partial charge is 0.493 e. The van der Waals surface area contributed by atoms with Gasteiger partial charge in [0.05, 0.1) is 12.6 Å². The molecule has 1 aromatic carbocycles. The molecule has 2 N–H and O–H groups in total. The Morgan fingerprint density at radius 3 is 2.92 bits per heavy atom. The van der Waals surface area contributed by atoms with Gasteiger partial charge in [-0.2, -0.15) is 0 Å². The third kappa shape index (κ3) is 3.43. The first-order valence-electron chi connectivity index (χ1n) is 7.84. The molecule has 0 saturated heterocycles. The van der Waals surface area contributed by atoms with E-state index >= 15 is 0 Å². The first-order valence-corrected chi connectivity index (χ1v) is 8.65. The summed E-state index contributed by atoms with van der Waals surface area (Å²) < 4.78 is 5.61. The highest BCUT2D eigenvalue weighted by Gasteiger charge is 2.23. The van der Waals surface area contributed by atoms with E-state index in [1.807, 2.05) is 42.5 Å². The van der Waals surface area contributed by atoms with E-state index in [0.29, 0.717) is 16.7 Å². The van der Waals surface area contributed by atoms with Crippen LogP contribution in [0.2, 0.25) is 0 Å². The second kappa shape index (κ2) is 6.86. The smallest absolute Gasteiger partial charge is 0.321 e. The Bertz CT molecular complexity index is 884. The molecule has 126 valence electrons. The Morgan fingerprint density at radius 1 is 1.16 bits per heavy atom. The molecule has 2 amide bonds. The zero-order valence-electron chi connectivity index (χ0n) is 13.2. The number of rotatable bonds is 3. The van der Waals surface area contributed by atoms with Gasteiger partial charge in [0.2, 0.25) is 5.13 Å². The summed E-state index contributed by atoms with van der Waals surface area (Å²) in [5, 5.41) is 14.9. The highest BCUT2D eigenvalue weighted by atomic mass is 32.1. The minimum atomic E-state index is -0.314. The third-order valence-corrected chi connectivity index (χ3v) is 4.65. The van der Waals surface area contributed by atoms with Crippen LogP contribution in [-0.4, -0.2) is 27.8 Å². The van der Waals surface area contributed by atoms with Gasteiger partial charge in [-0.05, 0) is 18.2 Å². The van der Waals surface area contributed by atoms with Crippen molar-refractivity contribution < 1.29 is 9.53 Å². The van der Waals surface area contributed by atoms with Gasteiger partial charge >= 0.3 is 6.03 Å². The fourth-order valence-electron chi connectivity index (χ4n) is 2.65. The van der Waals surface area contributed by atoms with E-state index in [-0.39, 0.29) is 12.1 Å². The Labute approximate surface area is 148 Å². The molecule has 0 fully saturated rings. The lowest BCUT2D eigenvalue weighted by Gasteiger charge is -2.26. The summed E-state index contributed by atoms with van der Waals surface area (Å²) in [5.74, 6) is 0.812. The molecule has 0 spiro atoms. The molecule has 3 aromatic rings. The fourth-order valence-corrected chi connectivity index (χ4v) is 3.37. The number of para-hydroxylation sites is 1. The van der Waals surface area contributed by atoms with Crippen LogP contribution in [0.15, 0.2) is 48.7 Å². The fraction of sp³-hybridized carbons (Fsp3) is 0.176. The highest BCUT2D eigenvalue weighted by molar-refractivity contribution is 7.18. The number of nitrogens with zero attached hydrogens (tertiary/aromatic N) is 3. The molecular weight excluding hydrogens is 338 g/mol. The van der Waals surface area contributed by atoms with Crippen molar-refractivity contribution in [3.63, 3.8) is 0 Å². The summed E-state index contributed by atoms with van der Waals surface area (Å²) in [6, 6.07) is 12.9. The summed E-state index contributed by atoms with van der Waals surface area (Å²) >= 11 is 1.28. The van der Waals surface area contributed by atoms with Crippen LogP contribution in [0.1, 0.15) is 18.0 Å². The van der Waals surface area contributed by atoms with Crippen LogP contribution in [0, 0.1) is 0 Å². The van der Waals surface area contributed by atoms with Crippen LogP contribution < -0.4 is 15.4 Å². The summed E-state index contributed by atoms with van der Waals surface area (Å²) in [7, 11) is 0. The Balaban J connectivity index is 1.43. The second-order valence-electron chi connectivity index (χ2n) is 5.45. The number of anilines is 1. The van der Waals surface area contributed by atoms with Gasteiger partial charge in [0.1, 0.15) is 11.4 Å². The van der Waals surface area contributed by atoms with E-state index in [4.69, 9.17) is 4.74 Å². The van der Waals surface area contributed by atoms with Gasteiger partial charge in [0, 0.05) is 18.2 Å². The molecule has 1 atom stereocenters. The molecule has 8 heteroatoms. The summed E-state index contributed by atoms with van der Waals surface area (Å²) in [4.78, 5) is 16.5. The van der Waals surface area contributed by atoms with Crippen LogP contribution in [-0.2, 0) is 0 Å². The standard InChI is InChI=1S/C17H15N5O2S/c23-16(19-12-8-10-24-14-7-2-1-5-11(12)14)20-17-22-21-15(25-17)13-6-3-4-9-18-13/h1-7,9,12H,8,10H2,(H2,19,20,22,23). The molecular formula is C17H15N5O2S. The molecule has 1 aliphatic rings. The second-order valence-corrected chi connectivity index (χ2v) is 6.43. The summed E-state index contributed by atoms with van der Waals surface area (Å²) in [5.41, 5.74) is 1.71. The van der Waals surface area contributed by atoms with E-state index in [2.05, 4.69) is 25.8 Å². The number of ether oxygens (including phenoxy) is 1. The van der Waals surface area contributed by atoms with Gasteiger partial charge in [-0.3, -0.25) is 10.3 Å². The lowest BCUT2D eigenvalue weighted by atomic mass is 10.0. The number of urea groups is 1. The van der Waals surface area contributed by atoms with Crippen molar-refractivity contribution in [3.8, 4) is 16.5 Å². The number of benzene rings is 1. The Hall–Kier alpha value is -3.00. The maximum Gasteiger partial charge on any atom is 0.321 e. The Kier molecular flexibility index (Phi) is 4.26. The molecule has 4 rings (SSSR count). The Morgan fingerprint density at radius 2 is 2.04 bits per heavy atom. The van der Waals surface area contributed by atoms with Crippen LogP contribution >= 0.6 is 11.3 Å². The third-order valence-electron chi connectivity index (χ3n) is 3.79. The number of aromatic nitrogens is 3. The molecule has 7 nitrogen and oxygen atoms in total. The van der Waals surface area contributed by atoms with E-state index in [1.54, 1.807) is 6.20 Å². The molecule has 0 radical (unpaired) electrons. The lowest BCUT2D eigenvalue weighted by molar-refractivity contribution is 0.232. The van der Waals surface area contributed by atoms with Crippen LogP contribution in [0.5, 0.6) is 5.75 Å². The molecule has 25 heavy (non-hydrogen) atoms. The van der Waals surface area contributed by atoms with Crippen molar-refractivity contribution in [3.05, 3.63) is 54.2 Å². The summed E-state index contributed by atoms with van der Waals surface area (Å²) in [6.07, 6.45) is 2.42. The molecule has 1 aliphatic heterocycles. The van der Waals surface area contributed by atoms with Crippen molar-refractivity contribution in [1.29, 1.82) is 0 Å². The topological polar surface area (TPSA) is 89.0 Å². The monoisotopic (exact) mass is 353 g/mol. The first-order chi connectivity index (χ1) is 12.3. The molecule has 0 saturated carbocycles. The first kappa shape index (κ1) is 15.5. The zero-order chi connectivity index (χ0) is 17.1. The van der Waals surface area contributed by atoms with Crippen LogP contribution in [0.25, 0.3) is 10.7 Å². The van der Waals surface area contributed by atoms with Gasteiger partial charge in [0.15, 0.2) is 5.01 Å². The zero-order valence-corrected chi connectivity index (χ0v) is 14.0. The van der Waals surface area contributed by atoms with E-state index in [0.717, 1.165) is 23.4 Å². The van der Waals surface area contributed by atoms with Crippen molar-refractivity contribution >= 4 is 22.5 Å². The predicted molar refractivity (Wildman–Crippen MR) is 94.6 cm³/mol. The number of carbonyl (C=O) groups is 1. The van der Waals surface area contributed by atoms with E-state index < -0.39 is 0 Å². The van der Waals surface area contributed by atoms with Gasteiger partial charge in [-0.1, -0.05) is 35.6 Å². The number of carbonyl (C=O) groups excluding carboxylic acids is 1. The highest BCUT2D eigenvalue weighted by Crippen LogP contribution is 2.31. The molecule has 2 aromatic heterocycles. The van der Waals surface area contributed by atoms with Crippen molar-refractivity contribution in [2.75, 3.05) is 11.9 Å². The predicted octanol–water partition coefficient (Wildman–Crippen LogP) is 3.25. The minimum Gasteiger partial charge on any atom is -0.493 e. The van der Waals surface area contributed by atoms with Gasteiger partial charge < -0.3 is 10.1 Å². The number of pyridine rings is 1. The van der Waals surface area contributed by atoms with Gasteiger partial charge in [-0.25, -0.2) is 4.79 Å². The average molecular weight is 353 g/mol.